The van der Waals surface area contributed by atoms with Crippen LogP contribution in [-0.4, -0.2) is 43.6 Å². The number of benzene rings is 1. The van der Waals surface area contributed by atoms with Crippen LogP contribution in [-0.2, 0) is 21.4 Å². The van der Waals surface area contributed by atoms with Gasteiger partial charge in [-0.05, 0) is 49.3 Å². The van der Waals surface area contributed by atoms with Gasteiger partial charge in [-0.2, -0.15) is 4.31 Å². The average molecular weight is 384 g/mol. The molecule has 0 spiro atoms. The summed E-state index contributed by atoms with van der Waals surface area (Å²) < 4.78 is 32.3. The molecular formula is C20H33NO4S. The fourth-order valence-corrected chi connectivity index (χ4v) is 4.61. The molecule has 2 atom stereocenters. The highest BCUT2D eigenvalue weighted by Gasteiger charge is 2.26. The van der Waals surface area contributed by atoms with Gasteiger partial charge in [-0.1, -0.05) is 32.9 Å². The van der Waals surface area contributed by atoms with Gasteiger partial charge >= 0.3 is 0 Å². The first-order valence-corrected chi connectivity index (χ1v) is 11.1. The quantitative estimate of drug-likeness (QED) is 0.672. The fraction of sp³-hybridized carbons (Fsp3) is 0.700. The minimum atomic E-state index is -3.35. The Bertz CT molecular complexity index is 636. The number of nitrogens with zero attached hydrogens (tertiary/aromatic N) is 1. The second-order valence-electron chi connectivity index (χ2n) is 7.79. The van der Waals surface area contributed by atoms with Crippen molar-refractivity contribution in [2.24, 2.45) is 11.8 Å². The van der Waals surface area contributed by atoms with Gasteiger partial charge in [0.15, 0.2) is 0 Å². The van der Waals surface area contributed by atoms with Crippen LogP contribution in [0.4, 0.5) is 0 Å². The molecule has 0 aromatic heterocycles. The second-order valence-corrected chi connectivity index (χ2v) is 9.72. The monoisotopic (exact) mass is 383 g/mol. The SMILES string of the molecule is CC(C)CC[C@H](O)[C@@H](C)COCc1ccc(S(=O)(=O)N2CCCC2)cc1. The summed E-state index contributed by atoms with van der Waals surface area (Å²) in [5.41, 5.74) is 0.939. The molecule has 6 heteroatoms. The lowest BCUT2D eigenvalue weighted by Crippen LogP contribution is -2.27. The zero-order chi connectivity index (χ0) is 19.2. The van der Waals surface area contributed by atoms with E-state index in [1.165, 1.54) is 0 Å². The third-order valence-corrected chi connectivity index (χ3v) is 6.89. The fourth-order valence-electron chi connectivity index (χ4n) is 3.10. The lowest BCUT2D eigenvalue weighted by atomic mass is 9.97. The van der Waals surface area contributed by atoms with Crippen LogP contribution in [0.15, 0.2) is 29.2 Å². The molecule has 26 heavy (non-hydrogen) atoms. The summed E-state index contributed by atoms with van der Waals surface area (Å²) in [5, 5.41) is 10.1. The predicted octanol–water partition coefficient (Wildman–Crippen LogP) is 3.42. The summed E-state index contributed by atoms with van der Waals surface area (Å²) in [6.07, 6.45) is 3.34. The third kappa shape index (κ3) is 6.05. The van der Waals surface area contributed by atoms with E-state index in [2.05, 4.69) is 13.8 Å². The van der Waals surface area contributed by atoms with Crippen LogP contribution in [0.25, 0.3) is 0 Å². The number of aliphatic hydroxyl groups is 1. The summed E-state index contributed by atoms with van der Waals surface area (Å²) in [4.78, 5) is 0.348. The maximum Gasteiger partial charge on any atom is 0.243 e. The number of sulfonamides is 1. The van der Waals surface area contributed by atoms with Gasteiger partial charge in [0.05, 0.1) is 24.2 Å². The molecule has 0 saturated carbocycles. The highest BCUT2D eigenvalue weighted by molar-refractivity contribution is 7.89. The normalized spacial score (nSPS) is 18.3. The maximum absolute atomic E-state index is 12.5. The number of hydrogen-bond acceptors (Lipinski definition) is 4. The standard InChI is InChI=1S/C20H33NO4S/c1-16(2)6-11-20(22)17(3)14-25-15-18-7-9-19(10-8-18)26(23,24)21-12-4-5-13-21/h7-10,16-17,20,22H,4-6,11-15H2,1-3H3/t17-,20-/m0/s1. The van der Waals surface area contributed by atoms with E-state index in [0.29, 0.717) is 37.1 Å². The molecule has 148 valence electrons. The van der Waals surface area contributed by atoms with Gasteiger partial charge in [0.1, 0.15) is 0 Å². The Morgan fingerprint density at radius 1 is 1.08 bits per heavy atom. The first-order valence-electron chi connectivity index (χ1n) is 9.65. The zero-order valence-corrected chi connectivity index (χ0v) is 17.0. The van der Waals surface area contributed by atoms with Crippen LogP contribution in [0.5, 0.6) is 0 Å². The lowest BCUT2D eigenvalue weighted by molar-refractivity contribution is 0.0231. The Labute approximate surface area is 158 Å². The highest BCUT2D eigenvalue weighted by atomic mass is 32.2. The molecule has 0 amide bonds. The minimum Gasteiger partial charge on any atom is -0.393 e. The Balaban J connectivity index is 1.80. The van der Waals surface area contributed by atoms with Crippen LogP contribution in [0.1, 0.15) is 52.0 Å². The van der Waals surface area contributed by atoms with Gasteiger partial charge in [-0.15, -0.1) is 0 Å². The molecule has 0 aliphatic carbocycles. The van der Waals surface area contributed by atoms with Crippen LogP contribution in [0, 0.1) is 11.8 Å². The number of ether oxygens (including phenoxy) is 1. The minimum absolute atomic E-state index is 0.0866. The van der Waals surface area contributed by atoms with Crippen LogP contribution in [0.3, 0.4) is 0 Å². The number of hydrogen-bond donors (Lipinski definition) is 1. The predicted molar refractivity (Wildman–Crippen MR) is 103 cm³/mol. The lowest BCUT2D eigenvalue weighted by Gasteiger charge is -2.20. The first-order chi connectivity index (χ1) is 12.3. The van der Waals surface area contributed by atoms with Crippen LogP contribution in [0.2, 0.25) is 0 Å². The van der Waals surface area contributed by atoms with E-state index < -0.39 is 10.0 Å². The molecule has 1 aliphatic rings. The maximum atomic E-state index is 12.5. The molecule has 0 unspecified atom stereocenters. The largest absolute Gasteiger partial charge is 0.393 e. The topological polar surface area (TPSA) is 66.8 Å². The second kappa shape index (κ2) is 9.83. The number of rotatable bonds is 10. The molecule has 1 fully saturated rings. The highest BCUT2D eigenvalue weighted by Crippen LogP contribution is 2.21. The molecule has 1 heterocycles. The van der Waals surface area contributed by atoms with Crippen molar-refractivity contribution < 1.29 is 18.3 Å². The van der Waals surface area contributed by atoms with Gasteiger partial charge in [-0.3, -0.25) is 0 Å². The van der Waals surface area contributed by atoms with Gasteiger partial charge in [0.25, 0.3) is 0 Å². The summed E-state index contributed by atoms with van der Waals surface area (Å²) >= 11 is 0. The average Bonchev–Trinajstić information content (AvgIpc) is 3.15. The molecule has 1 aliphatic heterocycles. The van der Waals surface area contributed by atoms with Crippen LogP contribution >= 0.6 is 0 Å². The number of aliphatic hydroxyl groups excluding tert-OH is 1. The van der Waals surface area contributed by atoms with Crippen molar-refractivity contribution in [1.29, 1.82) is 0 Å². The summed E-state index contributed by atoms with van der Waals surface area (Å²) in [7, 11) is -3.35. The van der Waals surface area contributed by atoms with Crippen molar-refractivity contribution in [1.82, 2.24) is 4.31 Å². The third-order valence-electron chi connectivity index (χ3n) is 4.97. The van der Waals surface area contributed by atoms with E-state index in [0.717, 1.165) is 31.2 Å². The van der Waals surface area contributed by atoms with Gasteiger partial charge < -0.3 is 9.84 Å². The molecule has 5 nitrogen and oxygen atoms in total. The molecule has 0 radical (unpaired) electrons. The molecular weight excluding hydrogens is 350 g/mol. The van der Waals surface area contributed by atoms with E-state index in [9.17, 15) is 13.5 Å². The molecule has 1 N–H and O–H groups in total. The Morgan fingerprint density at radius 3 is 2.27 bits per heavy atom. The zero-order valence-electron chi connectivity index (χ0n) is 16.2. The van der Waals surface area contributed by atoms with E-state index in [1.807, 2.05) is 19.1 Å². The van der Waals surface area contributed by atoms with E-state index >= 15 is 0 Å². The molecule has 1 saturated heterocycles. The smallest absolute Gasteiger partial charge is 0.243 e. The van der Waals surface area contributed by atoms with Gasteiger partial charge in [0.2, 0.25) is 10.0 Å². The molecule has 1 aromatic carbocycles. The molecule has 0 bridgehead atoms. The molecule has 1 aromatic rings. The Kier molecular flexibility index (Phi) is 8.07. The first kappa shape index (κ1) is 21.4. The van der Waals surface area contributed by atoms with Crippen molar-refractivity contribution in [3.8, 4) is 0 Å². The summed E-state index contributed by atoms with van der Waals surface area (Å²) in [6.45, 7) is 8.45. The van der Waals surface area contributed by atoms with Crippen LogP contribution < -0.4 is 0 Å². The summed E-state index contributed by atoms with van der Waals surface area (Å²) in [6, 6.07) is 6.94. The van der Waals surface area contributed by atoms with Gasteiger partial charge in [-0.25, -0.2) is 8.42 Å². The van der Waals surface area contributed by atoms with E-state index in [-0.39, 0.29) is 12.0 Å². The summed E-state index contributed by atoms with van der Waals surface area (Å²) in [5.74, 6) is 0.677. The van der Waals surface area contributed by atoms with Crippen molar-refractivity contribution in [2.75, 3.05) is 19.7 Å². The van der Waals surface area contributed by atoms with Crippen molar-refractivity contribution >= 4 is 10.0 Å². The molecule has 2 rings (SSSR count). The van der Waals surface area contributed by atoms with E-state index in [1.54, 1.807) is 16.4 Å². The van der Waals surface area contributed by atoms with E-state index in [4.69, 9.17) is 4.74 Å². The van der Waals surface area contributed by atoms with Crippen molar-refractivity contribution in [2.45, 2.75) is 64.1 Å². The Hall–Kier alpha value is -0.950. The van der Waals surface area contributed by atoms with Crippen molar-refractivity contribution in [3.05, 3.63) is 29.8 Å². The van der Waals surface area contributed by atoms with Crippen molar-refractivity contribution in [3.63, 3.8) is 0 Å². The Morgan fingerprint density at radius 2 is 1.69 bits per heavy atom. The van der Waals surface area contributed by atoms with Gasteiger partial charge in [0, 0.05) is 19.0 Å².